The maximum absolute atomic E-state index is 12.8. The molecule has 0 spiro atoms. The quantitative estimate of drug-likeness (QED) is 0.106. The van der Waals surface area contributed by atoms with Gasteiger partial charge in [-0.05, 0) is 72.9 Å². The molecule has 0 fully saturated rings. The first-order chi connectivity index (χ1) is 16.9. The highest BCUT2D eigenvalue weighted by Gasteiger charge is 2.15. The van der Waals surface area contributed by atoms with E-state index in [9.17, 15) is 9.59 Å². The Labute approximate surface area is 209 Å². The van der Waals surface area contributed by atoms with Gasteiger partial charge >= 0.3 is 5.97 Å². The molecule has 0 amide bonds. The lowest BCUT2D eigenvalue weighted by Crippen LogP contribution is -2.06. The van der Waals surface area contributed by atoms with Crippen LogP contribution in [0.4, 0.5) is 0 Å². The van der Waals surface area contributed by atoms with Crippen molar-refractivity contribution in [2.45, 2.75) is 43.4 Å². The Bertz CT molecular complexity index is 1320. The fourth-order valence-corrected chi connectivity index (χ4v) is 4.37. The molecule has 0 atom stereocenters. The molecule has 5 nitrogen and oxygen atoms in total. The Morgan fingerprint density at radius 1 is 0.914 bits per heavy atom. The molecular weight excluding hydrogens is 458 g/mol. The van der Waals surface area contributed by atoms with Gasteiger partial charge in [-0.1, -0.05) is 61.1 Å². The summed E-state index contributed by atoms with van der Waals surface area (Å²) in [7, 11) is 0. The fourth-order valence-electron chi connectivity index (χ4n) is 3.55. The van der Waals surface area contributed by atoms with Crippen molar-refractivity contribution in [3.8, 4) is 0 Å². The molecule has 1 heterocycles. The second-order valence-electron chi connectivity index (χ2n) is 8.68. The Kier molecular flexibility index (Phi) is 7.83. The molecule has 0 unspecified atom stereocenters. The molecule has 0 bridgehead atoms. The van der Waals surface area contributed by atoms with Gasteiger partial charge in [0.25, 0.3) is 0 Å². The van der Waals surface area contributed by atoms with Gasteiger partial charge in [-0.25, -0.2) is 4.79 Å². The summed E-state index contributed by atoms with van der Waals surface area (Å²) in [6.07, 6.45) is 1.69. The number of nitrogens with zero attached hydrogens (tertiary/aromatic N) is 1. The zero-order valence-electron chi connectivity index (χ0n) is 20.0. The van der Waals surface area contributed by atoms with Crippen LogP contribution in [0.25, 0.3) is 11.0 Å². The lowest BCUT2D eigenvalue weighted by atomic mass is 10.0. The molecule has 0 aliphatic carbocycles. The molecule has 0 aliphatic rings. The van der Waals surface area contributed by atoms with Crippen LogP contribution >= 0.6 is 11.8 Å². The van der Waals surface area contributed by atoms with Gasteiger partial charge < -0.3 is 9.25 Å². The second-order valence-corrected chi connectivity index (χ2v) is 9.83. The van der Waals surface area contributed by atoms with Gasteiger partial charge in [-0.2, -0.15) is 0 Å². The largest absolute Gasteiger partial charge is 0.453 e. The summed E-state index contributed by atoms with van der Waals surface area (Å²) in [5, 5.41) is 4.98. The lowest BCUT2D eigenvalue weighted by Gasteiger charge is -2.09. The molecule has 4 aromatic rings. The van der Waals surface area contributed by atoms with Crippen LogP contribution in [0, 0.1) is 5.92 Å². The maximum Gasteiger partial charge on any atom is 0.331 e. The maximum atomic E-state index is 12.8. The molecule has 0 aliphatic heterocycles. The number of carbonyl (C=O) groups is 2. The highest BCUT2D eigenvalue weighted by atomic mass is 32.2. The summed E-state index contributed by atoms with van der Waals surface area (Å²) in [6, 6.07) is 24.9. The number of carbonyl (C=O) groups excluding carboxylic acids is 2. The molecule has 178 valence electrons. The minimum Gasteiger partial charge on any atom is -0.453 e. The smallest absolute Gasteiger partial charge is 0.331 e. The number of benzene rings is 3. The van der Waals surface area contributed by atoms with Crippen LogP contribution in [-0.4, -0.2) is 17.5 Å². The van der Waals surface area contributed by atoms with Gasteiger partial charge in [0.2, 0.25) is 5.78 Å². The number of ketones is 1. The Hall–Kier alpha value is -3.64. The van der Waals surface area contributed by atoms with Gasteiger partial charge in [0.1, 0.15) is 5.58 Å². The summed E-state index contributed by atoms with van der Waals surface area (Å²) in [4.78, 5) is 31.0. The van der Waals surface area contributed by atoms with E-state index in [1.807, 2.05) is 72.8 Å². The number of hydrogen-bond donors (Lipinski definition) is 0. The van der Waals surface area contributed by atoms with E-state index in [-0.39, 0.29) is 5.78 Å². The molecule has 0 saturated heterocycles. The number of para-hydroxylation sites is 1. The monoisotopic (exact) mass is 485 g/mol. The molecule has 6 heteroatoms. The molecule has 0 saturated carbocycles. The van der Waals surface area contributed by atoms with E-state index in [1.54, 1.807) is 17.8 Å². The lowest BCUT2D eigenvalue weighted by molar-refractivity contribution is -0.140. The van der Waals surface area contributed by atoms with Crippen molar-refractivity contribution >= 4 is 40.2 Å². The van der Waals surface area contributed by atoms with Crippen molar-refractivity contribution in [3.63, 3.8) is 0 Å². The van der Waals surface area contributed by atoms with E-state index in [4.69, 9.17) is 9.25 Å². The highest BCUT2D eigenvalue weighted by molar-refractivity contribution is 7.99. The predicted octanol–water partition coefficient (Wildman–Crippen LogP) is 7.52. The summed E-state index contributed by atoms with van der Waals surface area (Å²) in [6.45, 7) is 5.65. The van der Waals surface area contributed by atoms with Crippen LogP contribution in [0.3, 0.4) is 0 Å². The van der Waals surface area contributed by atoms with Gasteiger partial charge in [0.05, 0.1) is 5.71 Å². The fraction of sp³-hybridized carbons (Fsp3) is 0.207. The molecule has 4 rings (SSSR count). The average molecular weight is 486 g/mol. The number of hydrogen-bond acceptors (Lipinski definition) is 6. The molecular formula is C29H27NO4S. The van der Waals surface area contributed by atoms with Gasteiger partial charge in [-0.3, -0.25) is 4.79 Å². The third-order valence-corrected chi connectivity index (χ3v) is 6.45. The van der Waals surface area contributed by atoms with E-state index in [1.165, 1.54) is 6.92 Å². The Morgan fingerprint density at radius 2 is 1.54 bits per heavy atom. The molecule has 0 radical (unpaired) electrons. The van der Waals surface area contributed by atoms with Crippen molar-refractivity contribution in [1.82, 2.24) is 0 Å². The molecule has 3 aromatic carbocycles. The predicted molar refractivity (Wildman–Crippen MR) is 139 cm³/mol. The van der Waals surface area contributed by atoms with E-state index in [0.29, 0.717) is 22.8 Å². The Morgan fingerprint density at radius 3 is 2.14 bits per heavy atom. The van der Waals surface area contributed by atoms with Crippen molar-refractivity contribution in [3.05, 3.63) is 95.7 Å². The van der Waals surface area contributed by atoms with Crippen molar-refractivity contribution < 1.29 is 18.8 Å². The van der Waals surface area contributed by atoms with Crippen LogP contribution in [0.1, 0.15) is 55.3 Å². The third-order valence-electron chi connectivity index (χ3n) is 5.43. The van der Waals surface area contributed by atoms with Gasteiger partial charge in [-0.15, -0.1) is 0 Å². The first-order valence-electron chi connectivity index (χ1n) is 11.5. The van der Waals surface area contributed by atoms with Crippen molar-refractivity contribution in [2.75, 3.05) is 0 Å². The SMILES string of the molecule is CC(=O)O/N=C(\CCC(C)C)c1ccc(Sc2ccc(C(=O)c3cc4ccccc4o3)cc2)cc1. The molecule has 35 heavy (non-hydrogen) atoms. The minimum atomic E-state index is -0.429. The van der Waals surface area contributed by atoms with Crippen LogP contribution in [0.5, 0.6) is 0 Å². The van der Waals surface area contributed by atoms with Crippen LogP contribution < -0.4 is 0 Å². The summed E-state index contributed by atoms with van der Waals surface area (Å²) in [5.74, 6) is 0.296. The normalized spacial score (nSPS) is 11.7. The molecule has 1 aromatic heterocycles. The van der Waals surface area contributed by atoms with Crippen LogP contribution in [0.2, 0.25) is 0 Å². The van der Waals surface area contributed by atoms with E-state index in [2.05, 4.69) is 19.0 Å². The highest BCUT2D eigenvalue weighted by Crippen LogP contribution is 2.29. The zero-order chi connectivity index (χ0) is 24.8. The molecule has 0 N–H and O–H groups in total. The van der Waals surface area contributed by atoms with Crippen molar-refractivity contribution in [2.24, 2.45) is 11.1 Å². The average Bonchev–Trinajstić information content (AvgIpc) is 3.29. The minimum absolute atomic E-state index is 0.136. The van der Waals surface area contributed by atoms with Crippen LogP contribution in [0.15, 0.2) is 98.2 Å². The first-order valence-corrected chi connectivity index (χ1v) is 12.4. The number of oxime groups is 1. The van der Waals surface area contributed by atoms with Gasteiger partial charge in [0.15, 0.2) is 5.76 Å². The van der Waals surface area contributed by atoms with Crippen LogP contribution in [-0.2, 0) is 9.63 Å². The number of furan rings is 1. The standard InChI is InChI=1S/C29H27NO4S/c1-19(2)8-17-26(30-34-20(3)31)21-9-13-24(14-10-21)35-25-15-11-22(12-16-25)29(32)28-18-23-6-4-5-7-27(23)33-28/h4-7,9-16,18-19H,8,17H2,1-3H3/b30-26+. The topological polar surface area (TPSA) is 68.9 Å². The Balaban J connectivity index is 1.44. The van der Waals surface area contributed by atoms with E-state index >= 15 is 0 Å². The third kappa shape index (κ3) is 6.49. The van der Waals surface area contributed by atoms with E-state index < -0.39 is 5.97 Å². The first kappa shape index (κ1) is 24.5. The summed E-state index contributed by atoms with van der Waals surface area (Å²) >= 11 is 1.60. The summed E-state index contributed by atoms with van der Waals surface area (Å²) < 4.78 is 5.71. The number of fused-ring (bicyclic) bond motifs is 1. The second kappa shape index (κ2) is 11.2. The summed E-state index contributed by atoms with van der Waals surface area (Å²) in [5.41, 5.74) is 2.99. The van der Waals surface area contributed by atoms with Gasteiger partial charge in [0, 0.05) is 27.7 Å². The number of rotatable bonds is 9. The van der Waals surface area contributed by atoms with E-state index in [0.717, 1.165) is 39.3 Å². The van der Waals surface area contributed by atoms with Crippen molar-refractivity contribution in [1.29, 1.82) is 0 Å². The zero-order valence-corrected chi connectivity index (χ0v) is 20.8.